The van der Waals surface area contributed by atoms with Crippen molar-refractivity contribution in [3.8, 4) is 0 Å². The van der Waals surface area contributed by atoms with Crippen molar-refractivity contribution < 1.29 is 14.3 Å². The van der Waals surface area contributed by atoms with Crippen LogP contribution in [0.4, 0.5) is 0 Å². The summed E-state index contributed by atoms with van der Waals surface area (Å²) in [7, 11) is 1.93. The molecular weight excluding hydrogens is 364 g/mol. The molecule has 0 bridgehead atoms. The lowest BCUT2D eigenvalue weighted by Crippen LogP contribution is -2.25. The van der Waals surface area contributed by atoms with E-state index in [1.165, 1.54) is 0 Å². The molecule has 3 rings (SSSR count). The van der Waals surface area contributed by atoms with Crippen LogP contribution in [0.1, 0.15) is 59.5 Å². The van der Waals surface area contributed by atoms with Crippen LogP contribution in [0.5, 0.6) is 0 Å². The van der Waals surface area contributed by atoms with Crippen molar-refractivity contribution in [2.75, 3.05) is 26.2 Å². The molecule has 5 nitrogen and oxygen atoms in total. The van der Waals surface area contributed by atoms with E-state index in [1.54, 1.807) is 6.07 Å². The van der Waals surface area contributed by atoms with E-state index in [0.29, 0.717) is 18.6 Å². The third-order valence-electron chi connectivity index (χ3n) is 5.38. The summed E-state index contributed by atoms with van der Waals surface area (Å²) in [6.45, 7) is 7.66. The second-order valence-electron chi connectivity index (χ2n) is 6.91. The highest BCUT2D eigenvalue weighted by molar-refractivity contribution is 6.05. The number of hydrogen-bond donors (Lipinski definition) is 0. The number of nitrogens with zero attached hydrogens (tertiary/aromatic N) is 2. The highest BCUT2D eigenvalue weighted by Gasteiger charge is 2.25. The average molecular weight is 393 g/mol. The van der Waals surface area contributed by atoms with E-state index in [2.05, 4.69) is 18.7 Å². The predicted octanol–water partition coefficient (Wildman–Crippen LogP) is 4.01. The van der Waals surface area contributed by atoms with Gasteiger partial charge in [-0.3, -0.25) is 4.79 Å². The zero-order chi connectivity index (χ0) is 18.7. The van der Waals surface area contributed by atoms with Crippen LogP contribution in [0.15, 0.2) is 18.2 Å². The first-order valence-corrected chi connectivity index (χ1v) is 9.60. The van der Waals surface area contributed by atoms with Gasteiger partial charge in [0.05, 0.1) is 17.9 Å². The van der Waals surface area contributed by atoms with Crippen LogP contribution >= 0.6 is 12.4 Å². The molecule has 0 saturated carbocycles. The topological polar surface area (TPSA) is 51.5 Å². The number of benzene rings is 1. The summed E-state index contributed by atoms with van der Waals surface area (Å²) in [5, 5.41) is 1.01. The van der Waals surface area contributed by atoms with Crippen LogP contribution in [0.25, 0.3) is 10.9 Å². The van der Waals surface area contributed by atoms with Gasteiger partial charge in [0.15, 0.2) is 5.78 Å². The molecule has 0 atom stereocenters. The first kappa shape index (κ1) is 21.5. The van der Waals surface area contributed by atoms with E-state index in [1.807, 2.05) is 23.7 Å². The Bertz CT molecular complexity index is 824. The Morgan fingerprint density at radius 2 is 1.96 bits per heavy atom. The van der Waals surface area contributed by atoms with Gasteiger partial charge in [0.2, 0.25) is 0 Å². The summed E-state index contributed by atoms with van der Waals surface area (Å²) in [6.07, 6.45) is 3.22. The summed E-state index contributed by atoms with van der Waals surface area (Å²) in [6, 6.07) is 5.61. The Balaban J connectivity index is 0.00000261. The first-order chi connectivity index (χ1) is 12.6. The van der Waals surface area contributed by atoms with Crippen LogP contribution in [0.3, 0.4) is 0 Å². The lowest BCUT2D eigenvalue weighted by atomic mass is 9.94. The van der Waals surface area contributed by atoms with Gasteiger partial charge in [0.1, 0.15) is 0 Å². The van der Waals surface area contributed by atoms with Gasteiger partial charge in [0, 0.05) is 30.9 Å². The fraction of sp³-hybridized carbons (Fsp3) is 0.524. The Morgan fingerprint density at radius 3 is 2.67 bits per heavy atom. The lowest BCUT2D eigenvalue weighted by Gasteiger charge is -2.17. The Hall–Kier alpha value is -1.85. The second kappa shape index (κ2) is 9.38. The van der Waals surface area contributed by atoms with Crippen molar-refractivity contribution in [1.82, 2.24) is 9.47 Å². The number of hydrogen-bond acceptors (Lipinski definition) is 4. The number of esters is 1. The zero-order valence-electron chi connectivity index (χ0n) is 16.4. The number of carbonyl (C=O) groups excluding carboxylic acids is 2. The van der Waals surface area contributed by atoms with Gasteiger partial charge in [-0.25, -0.2) is 4.79 Å². The normalized spacial score (nSPS) is 13.6. The summed E-state index contributed by atoms with van der Waals surface area (Å²) >= 11 is 0. The van der Waals surface area contributed by atoms with E-state index in [0.717, 1.165) is 61.1 Å². The van der Waals surface area contributed by atoms with E-state index in [-0.39, 0.29) is 24.2 Å². The molecule has 1 aromatic carbocycles. The fourth-order valence-electron chi connectivity index (χ4n) is 3.88. The molecule has 1 aliphatic rings. The average Bonchev–Trinajstić information content (AvgIpc) is 2.95. The molecule has 0 amide bonds. The Morgan fingerprint density at radius 1 is 1.22 bits per heavy atom. The molecule has 0 saturated heterocycles. The molecule has 1 heterocycles. The highest BCUT2D eigenvalue weighted by atomic mass is 35.5. The standard InChI is InChI=1S/C21H28N2O3.ClH/c1-4-23(5-2)12-7-13-26-21(25)15-10-11-18-17(14-15)16-8-6-9-19(24)20(16)22(18)3;/h10-11,14H,4-9,12-13H2,1-3H3;1H. The molecule has 2 aromatic rings. The molecule has 148 valence electrons. The SMILES string of the molecule is CCN(CC)CCCOC(=O)c1ccc2c(c1)c1c(n2C)C(=O)CCC1.Cl. The van der Waals surface area contributed by atoms with Crippen molar-refractivity contribution >= 4 is 35.1 Å². The largest absolute Gasteiger partial charge is 0.462 e. The Kier molecular flexibility index (Phi) is 7.45. The van der Waals surface area contributed by atoms with Crippen LogP contribution in [0.2, 0.25) is 0 Å². The maximum absolute atomic E-state index is 12.4. The van der Waals surface area contributed by atoms with Crippen molar-refractivity contribution in [1.29, 1.82) is 0 Å². The maximum atomic E-state index is 12.4. The molecule has 27 heavy (non-hydrogen) atoms. The molecule has 1 aromatic heterocycles. The zero-order valence-corrected chi connectivity index (χ0v) is 17.2. The smallest absolute Gasteiger partial charge is 0.338 e. The third kappa shape index (κ3) is 4.36. The molecular formula is C21H29ClN2O3. The molecule has 0 aliphatic heterocycles. The maximum Gasteiger partial charge on any atom is 0.338 e. The minimum atomic E-state index is -0.286. The highest BCUT2D eigenvalue weighted by Crippen LogP contribution is 2.32. The Labute approximate surface area is 167 Å². The van der Waals surface area contributed by atoms with Gasteiger partial charge in [-0.1, -0.05) is 13.8 Å². The number of carbonyl (C=O) groups is 2. The van der Waals surface area contributed by atoms with Gasteiger partial charge in [0.25, 0.3) is 0 Å². The first-order valence-electron chi connectivity index (χ1n) is 9.60. The number of ether oxygens (including phenoxy) is 1. The van der Waals surface area contributed by atoms with Crippen LogP contribution in [-0.4, -0.2) is 47.5 Å². The molecule has 1 aliphatic carbocycles. The third-order valence-corrected chi connectivity index (χ3v) is 5.38. The van der Waals surface area contributed by atoms with Crippen LogP contribution in [-0.2, 0) is 18.2 Å². The molecule has 0 spiro atoms. The lowest BCUT2D eigenvalue weighted by molar-refractivity contribution is 0.0489. The number of aryl methyl sites for hydroxylation is 2. The van der Waals surface area contributed by atoms with Crippen LogP contribution < -0.4 is 0 Å². The number of halogens is 1. The molecule has 6 heteroatoms. The van der Waals surface area contributed by atoms with Crippen LogP contribution in [0, 0.1) is 0 Å². The summed E-state index contributed by atoms with van der Waals surface area (Å²) < 4.78 is 7.41. The minimum absolute atomic E-state index is 0. The summed E-state index contributed by atoms with van der Waals surface area (Å²) in [4.78, 5) is 27.0. The van der Waals surface area contributed by atoms with Gasteiger partial charge in [-0.15, -0.1) is 12.4 Å². The van der Waals surface area contributed by atoms with E-state index < -0.39 is 0 Å². The molecule has 0 unspecified atom stereocenters. The molecule has 0 fully saturated rings. The van der Waals surface area contributed by atoms with Crippen molar-refractivity contribution in [3.05, 3.63) is 35.0 Å². The van der Waals surface area contributed by atoms with Gasteiger partial charge in [-0.2, -0.15) is 0 Å². The fourth-order valence-corrected chi connectivity index (χ4v) is 3.88. The van der Waals surface area contributed by atoms with Crippen molar-refractivity contribution in [3.63, 3.8) is 0 Å². The number of rotatable bonds is 7. The number of aromatic nitrogens is 1. The van der Waals surface area contributed by atoms with Gasteiger partial charge in [-0.05, 0) is 56.1 Å². The number of fused-ring (bicyclic) bond motifs is 3. The van der Waals surface area contributed by atoms with Crippen molar-refractivity contribution in [2.24, 2.45) is 7.05 Å². The van der Waals surface area contributed by atoms with E-state index in [4.69, 9.17) is 4.74 Å². The van der Waals surface area contributed by atoms with Crippen molar-refractivity contribution in [2.45, 2.75) is 39.5 Å². The van der Waals surface area contributed by atoms with Gasteiger partial charge >= 0.3 is 5.97 Å². The predicted molar refractivity (Wildman–Crippen MR) is 110 cm³/mol. The van der Waals surface area contributed by atoms with E-state index >= 15 is 0 Å². The quantitative estimate of drug-likeness (QED) is 0.527. The summed E-state index contributed by atoms with van der Waals surface area (Å²) in [5.74, 6) is -0.0864. The van der Waals surface area contributed by atoms with E-state index in [9.17, 15) is 9.59 Å². The van der Waals surface area contributed by atoms with Gasteiger partial charge < -0.3 is 14.2 Å². The minimum Gasteiger partial charge on any atom is -0.462 e. The summed E-state index contributed by atoms with van der Waals surface area (Å²) in [5.41, 5.74) is 3.45. The molecule has 0 radical (unpaired) electrons. The number of Topliss-reactive ketones (excluding diaryl/α,β-unsaturated/α-hetero) is 1. The second-order valence-corrected chi connectivity index (χ2v) is 6.91. The monoisotopic (exact) mass is 392 g/mol. The molecule has 0 N–H and O–H groups in total. The number of ketones is 1.